The molecule has 28 heavy (non-hydrogen) atoms. The first kappa shape index (κ1) is 20.1. The van der Waals surface area contributed by atoms with Gasteiger partial charge in [-0.05, 0) is 43.4 Å². The van der Waals surface area contributed by atoms with E-state index < -0.39 is 4.92 Å². The van der Waals surface area contributed by atoms with E-state index in [1.807, 2.05) is 13.0 Å². The lowest BCUT2D eigenvalue weighted by Gasteiger charge is -2.09. The van der Waals surface area contributed by atoms with Crippen molar-refractivity contribution in [1.82, 2.24) is 9.78 Å². The zero-order chi connectivity index (χ0) is 20.3. The standard InChI is InChI=1S/C18H15Cl2N5O2S/c1-11-9-17(23-24(11)10-14-15(19)3-2-4-16(14)20)22-18(28)21-12-5-7-13(8-6-12)25(26)27/h2-9H,10H2,1H3,(H2,21,22,23,28). The van der Waals surface area contributed by atoms with Crippen LogP contribution in [-0.2, 0) is 6.54 Å². The smallest absolute Gasteiger partial charge is 0.269 e. The summed E-state index contributed by atoms with van der Waals surface area (Å²) in [5.41, 5.74) is 2.32. The maximum atomic E-state index is 10.7. The van der Waals surface area contributed by atoms with Crippen molar-refractivity contribution in [3.05, 3.63) is 79.9 Å². The van der Waals surface area contributed by atoms with E-state index in [9.17, 15) is 10.1 Å². The summed E-state index contributed by atoms with van der Waals surface area (Å²) in [5.74, 6) is 0.556. The van der Waals surface area contributed by atoms with Gasteiger partial charge < -0.3 is 10.6 Å². The molecular formula is C18H15Cl2N5O2S. The van der Waals surface area contributed by atoms with E-state index in [0.717, 1.165) is 11.3 Å². The highest BCUT2D eigenvalue weighted by Crippen LogP contribution is 2.26. The number of thiocarbonyl (C=S) groups is 1. The van der Waals surface area contributed by atoms with Gasteiger partial charge in [-0.1, -0.05) is 29.3 Å². The molecule has 3 aromatic rings. The molecule has 0 fully saturated rings. The predicted octanol–water partition coefficient (Wildman–Crippen LogP) is 5.26. The summed E-state index contributed by atoms with van der Waals surface area (Å²) in [6.45, 7) is 2.34. The molecule has 0 aliphatic rings. The van der Waals surface area contributed by atoms with Gasteiger partial charge in [-0.15, -0.1) is 0 Å². The summed E-state index contributed by atoms with van der Waals surface area (Å²) in [4.78, 5) is 10.2. The Bertz CT molecular complexity index is 1020. The number of rotatable bonds is 5. The lowest BCUT2D eigenvalue weighted by Crippen LogP contribution is -2.19. The van der Waals surface area contributed by atoms with Crippen LogP contribution in [0.4, 0.5) is 17.2 Å². The third-order valence-corrected chi connectivity index (χ3v) is 4.84. The Morgan fingerprint density at radius 3 is 2.43 bits per heavy atom. The van der Waals surface area contributed by atoms with Crippen LogP contribution in [-0.4, -0.2) is 19.8 Å². The van der Waals surface area contributed by atoms with E-state index in [0.29, 0.717) is 33.2 Å². The molecule has 1 aromatic heterocycles. The fourth-order valence-corrected chi connectivity index (χ4v) is 3.25. The van der Waals surface area contributed by atoms with Crippen molar-refractivity contribution in [2.45, 2.75) is 13.5 Å². The van der Waals surface area contributed by atoms with Crippen LogP contribution in [0.15, 0.2) is 48.5 Å². The zero-order valence-electron chi connectivity index (χ0n) is 14.6. The molecule has 0 unspecified atom stereocenters. The Kier molecular flexibility index (Phi) is 6.13. The average molecular weight is 436 g/mol. The summed E-state index contributed by atoms with van der Waals surface area (Å²) < 4.78 is 1.77. The van der Waals surface area contributed by atoms with Gasteiger partial charge in [0.2, 0.25) is 0 Å². The van der Waals surface area contributed by atoms with Gasteiger partial charge in [-0.3, -0.25) is 14.8 Å². The summed E-state index contributed by atoms with van der Waals surface area (Å²) in [6, 6.07) is 13.2. The Labute approximate surface area is 176 Å². The van der Waals surface area contributed by atoms with Crippen molar-refractivity contribution in [3.8, 4) is 0 Å². The molecule has 0 aliphatic carbocycles. The van der Waals surface area contributed by atoms with Crippen molar-refractivity contribution >= 4 is 57.7 Å². The van der Waals surface area contributed by atoms with Gasteiger partial charge in [0.05, 0.1) is 11.5 Å². The minimum atomic E-state index is -0.457. The van der Waals surface area contributed by atoms with E-state index in [1.54, 1.807) is 35.0 Å². The first-order valence-corrected chi connectivity index (χ1v) is 9.29. The summed E-state index contributed by atoms with van der Waals surface area (Å²) >= 11 is 17.7. The van der Waals surface area contributed by atoms with Crippen molar-refractivity contribution < 1.29 is 4.92 Å². The Morgan fingerprint density at radius 1 is 1.18 bits per heavy atom. The largest absolute Gasteiger partial charge is 0.332 e. The molecule has 0 aliphatic heterocycles. The number of aromatic nitrogens is 2. The van der Waals surface area contributed by atoms with Crippen LogP contribution >= 0.6 is 35.4 Å². The van der Waals surface area contributed by atoms with Crippen molar-refractivity contribution in [3.63, 3.8) is 0 Å². The number of nitro benzene ring substituents is 1. The molecule has 2 N–H and O–H groups in total. The van der Waals surface area contributed by atoms with E-state index in [-0.39, 0.29) is 5.69 Å². The molecule has 10 heteroatoms. The minimum absolute atomic E-state index is 0.0111. The van der Waals surface area contributed by atoms with Crippen molar-refractivity contribution in [2.24, 2.45) is 0 Å². The minimum Gasteiger partial charge on any atom is -0.332 e. The fraction of sp³-hybridized carbons (Fsp3) is 0.111. The van der Waals surface area contributed by atoms with Crippen molar-refractivity contribution in [2.75, 3.05) is 10.6 Å². The Hall–Kier alpha value is -2.68. The second-order valence-corrected chi connectivity index (χ2v) is 7.13. The van der Waals surface area contributed by atoms with Crippen LogP contribution in [0, 0.1) is 17.0 Å². The number of aryl methyl sites for hydroxylation is 1. The van der Waals surface area contributed by atoms with Gasteiger partial charge in [0.1, 0.15) is 0 Å². The van der Waals surface area contributed by atoms with Gasteiger partial charge in [0.25, 0.3) is 5.69 Å². The summed E-state index contributed by atoms with van der Waals surface area (Å²) in [6.07, 6.45) is 0. The quantitative estimate of drug-likeness (QED) is 0.322. The number of anilines is 2. The first-order valence-electron chi connectivity index (χ1n) is 8.13. The number of hydrogen-bond donors (Lipinski definition) is 2. The molecule has 0 atom stereocenters. The van der Waals surface area contributed by atoms with Crippen LogP contribution in [0.5, 0.6) is 0 Å². The second kappa shape index (κ2) is 8.55. The lowest BCUT2D eigenvalue weighted by molar-refractivity contribution is -0.384. The van der Waals surface area contributed by atoms with Crippen LogP contribution < -0.4 is 10.6 Å². The molecule has 0 saturated carbocycles. The zero-order valence-corrected chi connectivity index (χ0v) is 17.0. The van der Waals surface area contributed by atoms with Gasteiger partial charge in [-0.2, -0.15) is 5.10 Å². The molecule has 0 amide bonds. The number of hydrogen-bond acceptors (Lipinski definition) is 4. The van der Waals surface area contributed by atoms with E-state index in [1.165, 1.54) is 12.1 Å². The lowest BCUT2D eigenvalue weighted by atomic mass is 10.2. The summed E-state index contributed by atoms with van der Waals surface area (Å²) in [5, 5.41) is 22.6. The summed E-state index contributed by atoms with van der Waals surface area (Å²) in [7, 11) is 0. The first-order chi connectivity index (χ1) is 13.3. The highest BCUT2D eigenvalue weighted by molar-refractivity contribution is 7.80. The van der Waals surface area contributed by atoms with Crippen LogP contribution in [0.25, 0.3) is 0 Å². The average Bonchev–Trinajstić information content (AvgIpc) is 2.97. The highest BCUT2D eigenvalue weighted by atomic mass is 35.5. The molecule has 0 spiro atoms. The predicted molar refractivity (Wildman–Crippen MR) is 115 cm³/mol. The van der Waals surface area contributed by atoms with Crippen LogP contribution in [0.3, 0.4) is 0 Å². The molecule has 0 saturated heterocycles. The normalized spacial score (nSPS) is 10.5. The monoisotopic (exact) mass is 435 g/mol. The number of nitro groups is 1. The number of non-ortho nitro benzene ring substituents is 1. The van der Waals surface area contributed by atoms with Crippen LogP contribution in [0.1, 0.15) is 11.3 Å². The third-order valence-electron chi connectivity index (χ3n) is 3.93. The molecular weight excluding hydrogens is 421 g/mol. The van der Waals surface area contributed by atoms with E-state index >= 15 is 0 Å². The Morgan fingerprint density at radius 2 is 1.82 bits per heavy atom. The molecule has 2 aromatic carbocycles. The molecule has 3 rings (SSSR count). The molecule has 0 bridgehead atoms. The topological polar surface area (TPSA) is 85.0 Å². The number of nitrogens with zero attached hydrogens (tertiary/aromatic N) is 3. The number of benzene rings is 2. The fourth-order valence-electron chi connectivity index (χ4n) is 2.51. The highest BCUT2D eigenvalue weighted by Gasteiger charge is 2.11. The third kappa shape index (κ3) is 4.78. The molecule has 1 heterocycles. The maximum Gasteiger partial charge on any atom is 0.269 e. The molecule has 144 valence electrons. The van der Waals surface area contributed by atoms with E-state index in [2.05, 4.69) is 15.7 Å². The maximum absolute atomic E-state index is 10.7. The number of halogens is 2. The Balaban J connectivity index is 1.67. The van der Waals surface area contributed by atoms with Crippen molar-refractivity contribution in [1.29, 1.82) is 0 Å². The van der Waals surface area contributed by atoms with Gasteiger partial charge >= 0.3 is 0 Å². The number of nitrogens with one attached hydrogen (secondary N) is 2. The van der Waals surface area contributed by atoms with Gasteiger partial charge in [0, 0.05) is 45.2 Å². The second-order valence-electron chi connectivity index (χ2n) is 5.91. The van der Waals surface area contributed by atoms with Gasteiger partial charge in [0.15, 0.2) is 10.9 Å². The van der Waals surface area contributed by atoms with Gasteiger partial charge in [-0.25, -0.2) is 0 Å². The SMILES string of the molecule is Cc1cc(NC(=S)Nc2ccc([N+](=O)[O-])cc2)nn1Cc1c(Cl)cccc1Cl. The van der Waals surface area contributed by atoms with E-state index in [4.69, 9.17) is 35.4 Å². The molecule has 7 nitrogen and oxygen atoms in total. The van der Waals surface area contributed by atoms with Crippen LogP contribution in [0.2, 0.25) is 10.0 Å². The molecule has 0 radical (unpaired) electrons.